The van der Waals surface area contributed by atoms with Crippen molar-refractivity contribution in [2.24, 2.45) is 0 Å². The van der Waals surface area contributed by atoms with Gasteiger partial charge in [-0.05, 0) is 74.3 Å². The zero-order valence-electron chi connectivity index (χ0n) is 17.6. The normalized spacial score (nSPS) is 17.1. The van der Waals surface area contributed by atoms with Gasteiger partial charge in [0.1, 0.15) is 13.2 Å². The van der Waals surface area contributed by atoms with E-state index in [2.05, 4.69) is 15.5 Å². The largest absolute Gasteiger partial charge is 0.486 e. The highest BCUT2D eigenvalue weighted by Crippen LogP contribution is 2.31. The minimum absolute atomic E-state index is 0.176. The first-order valence-corrected chi connectivity index (χ1v) is 10.7. The quantitative estimate of drug-likeness (QED) is 0.690. The van der Waals surface area contributed by atoms with Crippen molar-refractivity contribution in [1.82, 2.24) is 10.2 Å². The Labute approximate surface area is 184 Å². The molecule has 1 unspecified atom stereocenters. The van der Waals surface area contributed by atoms with Crippen LogP contribution in [0.5, 0.6) is 11.5 Å². The number of hydrogen-bond acceptors (Lipinski definition) is 4. The molecule has 0 bridgehead atoms. The van der Waals surface area contributed by atoms with Crippen LogP contribution in [0.3, 0.4) is 0 Å². The fourth-order valence-electron chi connectivity index (χ4n) is 4.03. The molecule has 1 atom stereocenters. The third-order valence-electron chi connectivity index (χ3n) is 5.57. The number of hydrogen-bond donors (Lipinski definition) is 2. The van der Waals surface area contributed by atoms with Crippen molar-refractivity contribution in [2.45, 2.75) is 31.5 Å². The number of nitrogens with zero attached hydrogens (tertiary/aromatic N) is 1. The molecule has 2 aliphatic heterocycles. The molecule has 2 aromatic rings. The maximum absolute atomic E-state index is 12.7. The maximum Gasteiger partial charge on any atom is 0.416 e. The molecule has 0 radical (unpaired) electrons. The van der Waals surface area contributed by atoms with Crippen LogP contribution in [0.2, 0.25) is 0 Å². The lowest BCUT2D eigenvalue weighted by Crippen LogP contribution is -2.46. The molecule has 0 aromatic heterocycles. The highest BCUT2D eigenvalue weighted by atomic mass is 19.4. The highest BCUT2D eigenvalue weighted by molar-refractivity contribution is 5.89. The predicted molar refractivity (Wildman–Crippen MR) is 114 cm³/mol. The molecule has 1 fully saturated rings. The van der Waals surface area contributed by atoms with E-state index in [1.54, 1.807) is 0 Å². The lowest BCUT2D eigenvalue weighted by molar-refractivity contribution is -0.137. The van der Waals surface area contributed by atoms with Crippen LogP contribution in [0.1, 0.15) is 24.0 Å². The summed E-state index contributed by atoms with van der Waals surface area (Å²) in [6, 6.07) is 9.53. The number of ether oxygens (including phenoxy) is 2. The van der Waals surface area contributed by atoms with Crippen LogP contribution in [-0.4, -0.2) is 49.8 Å². The van der Waals surface area contributed by atoms with Gasteiger partial charge in [0.15, 0.2) is 11.5 Å². The minimum atomic E-state index is -4.41. The van der Waals surface area contributed by atoms with Crippen LogP contribution in [-0.2, 0) is 12.6 Å². The number of benzene rings is 2. The fraction of sp³-hybridized carbons (Fsp3) is 0.435. The third-order valence-corrected chi connectivity index (χ3v) is 5.57. The molecule has 0 spiro atoms. The summed E-state index contributed by atoms with van der Waals surface area (Å²) in [5, 5.41) is 5.61. The van der Waals surface area contributed by atoms with Crippen molar-refractivity contribution in [3.8, 4) is 11.5 Å². The SMILES string of the molecule is O=C(Nc1ccc(C(F)(F)F)cc1)NC(Cc1ccc2c(c1)OCCO2)CN1CCCC1. The first-order chi connectivity index (χ1) is 15.4. The van der Waals surface area contributed by atoms with Crippen molar-refractivity contribution >= 4 is 11.7 Å². The predicted octanol–water partition coefficient (Wildman–Crippen LogP) is 4.31. The number of anilines is 1. The Kier molecular flexibility index (Phi) is 6.74. The van der Waals surface area contributed by atoms with Gasteiger partial charge in [-0.15, -0.1) is 0 Å². The third kappa shape index (κ3) is 5.85. The van der Waals surface area contributed by atoms with Gasteiger partial charge in [-0.25, -0.2) is 4.79 Å². The second-order valence-corrected chi connectivity index (χ2v) is 8.06. The van der Waals surface area contributed by atoms with Crippen molar-refractivity contribution in [3.63, 3.8) is 0 Å². The number of likely N-dealkylation sites (tertiary alicyclic amines) is 1. The Balaban J connectivity index is 1.41. The van der Waals surface area contributed by atoms with E-state index in [1.807, 2.05) is 18.2 Å². The van der Waals surface area contributed by atoms with Crippen molar-refractivity contribution in [2.75, 3.05) is 38.2 Å². The second-order valence-electron chi connectivity index (χ2n) is 8.06. The van der Waals surface area contributed by atoms with E-state index in [-0.39, 0.29) is 6.04 Å². The van der Waals surface area contributed by atoms with Gasteiger partial charge in [-0.3, -0.25) is 0 Å². The van der Waals surface area contributed by atoms with Crippen LogP contribution in [0.25, 0.3) is 0 Å². The van der Waals surface area contributed by atoms with E-state index in [4.69, 9.17) is 9.47 Å². The number of halogens is 3. The van der Waals surface area contributed by atoms with E-state index >= 15 is 0 Å². The molecule has 2 amide bonds. The second kappa shape index (κ2) is 9.68. The Morgan fingerprint density at radius 1 is 1.00 bits per heavy atom. The molecule has 172 valence electrons. The number of carbonyl (C=O) groups excluding carboxylic acids is 1. The molecule has 9 heteroatoms. The summed E-state index contributed by atoms with van der Waals surface area (Å²) in [5.41, 5.74) is 0.553. The molecule has 2 aliphatic rings. The van der Waals surface area contributed by atoms with E-state index < -0.39 is 17.8 Å². The van der Waals surface area contributed by atoms with E-state index in [1.165, 1.54) is 12.1 Å². The molecular weight excluding hydrogens is 423 g/mol. The Morgan fingerprint density at radius 3 is 2.38 bits per heavy atom. The summed E-state index contributed by atoms with van der Waals surface area (Å²) in [5.74, 6) is 1.41. The van der Waals surface area contributed by atoms with E-state index in [0.29, 0.717) is 43.4 Å². The van der Waals surface area contributed by atoms with Crippen molar-refractivity contribution in [3.05, 3.63) is 53.6 Å². The zero-order valence-corrected chi connectivity index (χ0v) is 17.6. The van der Waals surface area contributed by atoms with Gasteiger partial charge in [0, 0.05) is 18.3 Å². The number of amides is 2. The van der Waals surface area contributed by atoms with Crippen molar-refractivity contribution < 1.29 is 27.4 Å². The van der Waals surface area contributed by atoms with Gasteiger partial charge < -0.3 is 25.0 Å². The van der Waals surface area contributed by atoms with Crippen LogP contribution in [0.4, 0.5) is 23.7 Å². The van der Waals surface area contributed by atoms with Crippen LogP contribution in [0, 0.1) is 0 Å². The molecule has 2 N–H and O–H groups in total. The summed E-state index contributed by atoms with van der Waals surface area (Å²) in [6.07, 6.45) is -1.55. The number of urea groups is 1. The molecule has 6 nitrogen and oxygen atoms in total. The maximum atomic E-state index is 12.7. The fourth-order valence-corrected chi connectivity index (χ4v) is 4.03. The lowest BCUT2D eigenvalue weighted by Gasteiger charge is -2.25. The highest BCUT2D eigenvalue weighted by Gasteiger charge is 2.30. The van der Waals surface area contributed by atoms with Gasteiger partial charge in [0.05, 0.1) is 5.56 Å². The van der Waals surface area contributed by atoms with Gasteiger partial charge in [0.25, 0.3) is 0 Å². The van der Waals surface area contributed by atoms with Gasteiger partial charge in [0.2, 0.25) is 0 Å². The number of alkyl halides is 3. The number of fused-ring (bicyclic) bond motifs is 1. The molecule has 0 aliphatic carbocycles. The number of rotatable bonds is 6. The first-order valence-electron chi connectivity index (χ1n) is 10.7. The van der Waals surface area contributed by atoms with E-state index in [9.17, 15) is 18.0 Å². The molecule has 0 saturated carbocycles. The number of carbonyl (C=O) groups is 1. The zero-order chi connectivity index (χ0) is 22.6. The average molecular weight is 449 g/mol. The van der Waals surface area contributed by atoms with Crippen LogP contribution < -0.4 is 20.1 Å². The Morgan fingerprint density at radius 2 is 1.69 bits per heavy atom. The topological polar surface area (TPSA) is 62.8 Å². The molecular formula is C23H26F3N3O3. The van der Waals surface area contributed by atoms with Crippen LogP contribution >= 0.6 is 0 Å². The molecule has 2 heterocycles. The summed E-state index contributed by atoms with van der Waals surface area (Å²) in [6.45, 7) is 3.69. The van der Waals surface area contributed by atoms with Gasteiger partial charge in [-0.1, -0.05) is 6.07 Å². The molecule has 32 heavy (non-hydrogen) atoms. The van der Waals surface area contributed by atoms with Crippen LogP contribution in [0.15, 0.2) is 42.5 Å². The minimum Gasteiger partial charge on any atom is -0.486 e. The van der Waals surface area contributed by atoms with Gasteiger partial charge in [-0.2, -0.15) is 13.2 Å². The summed E-state index contributed by atoms with van der Waals surface area (Å²) < 4.78 is 49.4. The van der Waals surface area contributed by atoms with Crippen molar-refractivity contribution in [1.29, 1.82) is 0 Å². The summed E-state index contributed by atoms with van der Waals surface area (Å²) >= 11 is 0. The molecule has 1 saturated heterocycles. The molecule has 2 aromatic carbocycles. The Bertz CT molecular complexity index is 928. The average Bonchev–Trinajstić information content (AvgIpc) is 3.26. The first kappa shape index (κ1) is 22.3. The monoisotopic (exact) mass is 449 g/mol. The molecule has 4 rings (SSSR count). The van der Waals surface area contributed by atoms with Gasteiger partial charge >= 0.3 is 12.2 Å². The number of nitrogens with one attached hydrogen (secondary N) is 2. The Hall–Kier alpha value is -2.94. The standard InChI is InChI=1S/C23H26F3N3O3/c24-23(25,26)17-4-6-18(7-5-17)27-22(30)28-19(15-29-9-1-2-10-29)13-16-3-8-20-21(14-16)32-12-11-31-20/h3-8,14,19H,1-2,9-13,15H2,(H2,27,28,30). The smallest absolute Gasteiger partial charge is 0.416 e. The van der Waals surface area contributed by atoms with E-state index in [0.717, 1.165) is 43.6 Å². The summed E-state index contributed by atoms with van der Waals surface area (Å²) in [4.78, 5) is 14.9. The summed E-state index contributed by atoms with van der Waals surface area (Å²) in [7, 11) is 0. The lowest BCUT2D eigenvalue weighted by atomic mass is 10.0.